The molecule has 8 heteroatoms. The Balaban J connectivity index is 2.32. The molecule has 1 aromatic heterocycles. The molecule has 2 aromatic carbocycles. The van der Waals surface area contributed by atoms with Crippen LogP contribution in [0.5, 0.6) is 5.75 Å². The van der Waals surface area contributed by atoms with Gasteiger partial charge in [0.1, 0.15) is 11.8 Å². The molecule has 0 fully saturated rings. The lowest BCUT2D eigenvalue weighted by Crippen LogP contribution is -2.45. The maximum atomic E-state index is 13.5. The van der Waals surface area contributed by atoms with Gasteiger partial charge in [0, 0.05) is 17.1 Å². The number of hydrogen-bond donors (Lipinski definition) is 1. The summed E-state index contributed by atoms with van der Waals surface area (Å²) < 4.78 is 7.58. The van der Waals surface area contributed by atoms with Crippen molar-refractivity contribution in [2.75, 3.05) is 7.11 Å². The van der Waals surface area contributed by atoms with Crippen LogP contribution in [0.2, 0.25) is 5.02 Å². The minimum atomic E-state index is -0.857. The number of amides is 1. The number of nitrogens with one attached hydrogen (secondary N) is 1. The van der Waals surface area contributed by atoms with Crippen LogP contribution in [0, 0.1) is 0 Å². The van der Waals surface area contributed by atoms with E-state index in [0.29, 0.717) is 22.0 Å². The van der Waals surface area contributed by atoms with Crippen molar-refractivity contribution in [3.63, 3.8) is 0 Å². The quantitative estimate of drug-likeness (QED) is 0.651. The van der Waals surface area contributed by atoms with E-state index in [9.17, 15) is 14.4 Å². The average Bonchev–Trinajstić information content (AvgIpc) is 2.73. The lowest BCUT2D eigenvalue weighted by Gasteiger charge is -2.21. The first-order valence-corrected chi connectivity index (χ1v) is 10.1. The molecule has 1 N–H and O–H groups in total. The van der Waals surface area contributed by atoms with Crippen LogP contribution in [0.25, 0.3) is 16.6 Å². The van der Waals surface area contributed by atoms with Crippen molar-refractivity contribution in [3.05, 3.63) is 68.3 Å². The molecule has 0 unspecified atom stereocenters. The van der Waals surface area contributed by atoms with Gasteiger partial charge in [-0.15, -0.1) is 0 Å². The number of methoxy groups -OCH3 is 1. The summed E-state index contributed by atoms with van der Waals surface area (Å²) in [4.78, 5) is 39.5. The van der Waals surface area contributed by atoms with Gasteiger partial charge in [0.05, 0.1) is 23.7 Å². The standard InChI is InChI=1S/C22H24ClN3O4/c1-5-13(2)24-20(27)14(3)25-19-11-15(23)9-10-18(19)21(28)26(22(25)29)16-7-6-8-17(12-16)30-4/h6-14H,5H2,1-4H3,(H,24,27)/t13-,14-/m0/s1. The lowest BCUT2D eigenvalue weighted by molar-refractivity contribution is -0.124. The van der Waals surface area contributed by atoms with Gasteiger partial charge in [-0.3, -0.25) is 14.2 Å². The Morgan fingerprint density at radius 1 is 1.17 bits per heavy atom. The molecule has 30 heavy (non-hydrogen) atoms. The van der Waals surface area contributed by atoms with Crippen molar-refractivity contribution in [2.45, 2.75) is 39.3 Å². The first-order chi connectivity index (χ1) is 14.3. The largest absolute Gasteiger partial charge is 0.497 e. The normalized spacial score (nSPS) is 13.1. The van der Waals surface area contributed by atoms with E-state index in [0.717, 1.165) is 11.0 Å². The van der Waals surface area contributed by atoms with Crippen molar-refractivity contribution in [2.24, 2.45) is 0 Å². The van der Waals surface area contributed by atoms with E-state index in [-0.39, 0.29) is 17.3 Å². The first kappa shape index (κ1) is 21.6. The number of carbonyl (C=O) groups is 1. The Morgan fingerprint density at radius 3 is 2.57 bits per heavy atom. The molecule has 7 nitrogen and oxygen atoms in total. The van der Waals surface area contributed by atoms with Gasteiger partial charge in [-0.2, -0.15) is 0 Å². The minimum Gasteiger partial charge on any atom is -0.497 e. The van der Waals surface area contributed by atoms with Crippen LogP contribution >= 0.6 is 11.6 Å². The molecule has 1 amide bonds. The maximum absolute atomic E-state index is 13.5. The third-order valence-corrected chi connectivity index (χ3v) is 5.36. The Morgan fingerprint density at radius 2 is 1.90 bits per heavy atom. The predicted octanol–water partition coefficient (Wildman–Crippen LogP) is 3.29. The second-order valence-electron chi connectivity index (χ2n) is 7.15. The molecule has 0 aliphatic carbocycles. The number of halogens is 1. The van der Waals surface area contributed by atoms with Crippen molar-refractivity contribution >= 4 is 28.4 Å². The smallest absolute Gasteiger partial charge is 0.336 e. The molecule has 0 aliphatic rings. The Hall–Kier alpha value is -3.06. The Bertz CT molecular complexity index is 1220. The summed E-state index contributed by atoms with van der Waals surface area (Å²) in [6.45, 7) is 5.47. The van der Waals surface area contributed by atoms with Gasteiger partial charge in [0.15, 0.2) is 0 Å². The highest BCUT2D eigenvalue weighted by atomic mass is 35.5. The van der Waals surface area contributed by atoms with Crippen LogP contribution in [0.15, 0.2) is 52.1 Å². The molecule has 0 radical (unpaired) electrons. The zero-order valence-electron chi connectivity index (χ0n) is 17.3. The molecule has 0 bridgehead atoms. The fourth-order valence-corrected chi connectivity index (χ4v) is 3.40. The summed E-state index contributed by atoms with van der Waals surface area (Å²) in [6.07, 6.45) is 0.753. The molecule has 158 valence electrons. The van der Waals surface area contributed by atoms with Crippen LogP contribution in [0.1, 0.15) is 33.2 Å². The van der Waals surface area contributed by atoms with Crippen LogP contribution in [-0.2, 0) is 4.79 Å². The molecule has 1 heterocycles. The van der Waals surface area contributed by atoms with Gasteiger partial charge in [-0.1, -0.05) is 24.6 Å². The molecule has 0 spiro atoms. The average molecular weight is 430 g/mol. The van der Waals surface area contributed by atoms with Gasteiger partial charge in [0.25, 0.3) is 5.56 Å². The number of fused-ring (bicyclic) bond motifs is 1. The minimum absolute atomic E-state index is 0.0465. The van der Waals surface area contributed by atoms with Crippen LogP contribution in [-0.4, -0.2) is 28.2 Å². The van der Waals surface area contributed by atoms with Gasteiger partial charge >= 0.3 is 5.69 Å². The number of benzene rings is 2. The van der Waals surface area contributed by atoms with Crippen molar-refractivity contribution in [1.82, 2.24) is 14.5 Å². The number of carbonyl (C=O) groups excluding carboxylic acids is 1. The molecule has 2 atom stereocenters. The van der Waals surface area contributed by atoms with Crippen LogP contribution < -0.4 is 21.3 Å². The third kappa shape index (κ3) is 3.98. The summed E-state index contributed by atoms with van der Waals surface area (Å²) in [5, 5.41) is 3.53. The molecule has 3 rings (SSSR count). The molecule has 0 aliphatic heterocycles. The van der Waals surface area contributed by atoms with Gasteiger partial charge in [0.2, 0.25) is 5.91 Å². The third-order valence-electron chi connectivity index (χ3n) is 5.13. The fraction of sp³-hybridized carbons (Fsp3) is 0.318. The van der Waals surface area contributed by atoms with E-state index in [1.807, 2.05) is 13.8 Å². The highest BCUT2D eigenvalue weighted by Crippen LogP contribution is 2.20. The summed E-state index contributed by atoms with van der Waals surface area (Å²) in [6, 6.07) is 10.4. The highest BCUT2D eigenvalue weighted by molar-refractivity contribution is 6.31. The molecular weight excluding hydrogens is 406 g/mol. The predicted molar refractivity (Wildman–Crippen MR) is 118 cm³/mol. The van der Waals surface area contributed by atoms with Crippen molar-refractivity contribution in [3.8, 4) is 11.4 Å². The number of aromatic nitrogens is 2. The fourth-order valence-electron chi connectivity index (χ4n) is 3.24. The van der Waals surface area contributed by atoms with E-state index in [4.69, 9.17) is 16.3 Å². The summed E-state index contributed by atoms with van der Waals surface area (Å²) in [5.41, 5.74) is -0.464. The number of nitrogens with zero attached hydrogens (tertiary/aromatic N) is 2. The molecular formula is C22H24ClN3O4. The molecule has 3 aromatic rings. The summed E-state index contributed by atoms with van der Waals surface area (Å²) >= 11 is 6.14. The van der Waals surface area contributed by atoms with Crippen LogP contribution in [0.3, 0.4) is 0 Å². The second-order valence-corrected chi connectivity index (χ2v) is 7.59. The summed E-state index contributed by atoms with van der Waals surface area (Å²) in [7, 11) is 1.50. The monoisotopic (exact) mass is 429 g/mol. The van der Waals surface area contributed by atoms with Crippen molar-refractivity contribution in [1.29, 1.82) is 0 Å². The highest BCUT2D eigenvalue weighted by Gasteiger charge is 2.23. The van der Waals surface area contributed by atoms with E-state index in [1.165, 1.54) is 17.7 Å². The van der Waals surface area contributed by atoms with Crippen molar-refractivity contribution < 1.29 is 9.53 Å². The Kier molecular flexibility index (Phi) is 6.31. The second kappa shape index (κ2) is 8.75. The first-order valence-electron chi connectivity index (χ1n) is 9.70. The van der Waals surface area contributed by atoms with Gasteiger partial charge in [-0.05, 0) is 50.6 Å². The van der Waals surface area contributed by atoms with Crippen LogP contribution in [0.4, 0.5) is 0 Å². The molecule has 0 saturated carbocycles. The molecule has 0 saturated heterocycles. The van der Waals surface area contributed by atoms with E-state index < -0.39 is 17.3 Å². The Labute approximate surface area is 178 Å². The van der Waals surface area contributed by atoms with E-state index >= 15 is 0 Å². The number of ether oxygens (including phenoxy) is 1. The maximum Gasteiger partial charge on any atom is 0.336 e. The number of hydrogen-bond acceptors (Lipinski definition) is 4. The summed E-state index contributed by atoms with van der Waals surface area (Å²) in [5.74, 6) is 0.188. The SMILES string of the molecule is CC[C@H](C)NC(=O)[C@H](C)n1c(=O)n(-c2cccc(OC)c2)c(=O)c2ccc(Cl)cc21. The van der Waals surface area contributed by atoms with Gasteiger partial charge in [-0.25, -0.2) is 9.36 Å². The lowest BCUT2D eigenvalue weighted by atomic mass is 10.2. The zero-order chi connectivity index (χ0) is 22.0. The number of rotatable bonds is 6. The van der Waals surface area contributed by atoms with E-state index in [1.54, 1.807) is 43.3 Å². The topological polar surface area (TPSA) is 82.3 Å². The van der Waals surface area contributed by atoms with E-state index in [2.05, 4.69) is 5.32 Å². The zero-order valence-corrected chi connectivity index (χ0v) is 18.1. The van der Waals surface area contributed by atoms with Gasteiger partial charge < -0.3 is 10.1 Å².